The molecule has 0 N–H and O–H groups in total. The molecule has 0 spiro atoms. The molecule has 0 aliphatic heterocycles. The molecule has 4 rings (SSSR count). The summed E-state index contributed by atoms with van der Waals surface area (Å²) in [7, 11) is 0. The van der Waals surface area contributed by atoms with Crippen LogP contribution in [0.3, 0.4) is 0 Å². The summed E-state index contributed by atoms with van der Waals surface area (Å²) in [6.07, 6.45) is 25.9. The highest BCUT2D eigenvalue weighted by molar-refractivity contribution is 5.69. The summed E-state index contributed by atoms with van der Waals surface area (Å²) >= 11 is 0. The summed E-state index contributed by atoms with van der Waals surface area (Å²) in [5.41, 5.74) is 1.72. The van der Waals surface area contributed by atoms with E-state index in [1.165, 1.54) is 70.6 Å². The minimum absolute atomic E-state index is 0.0791. The van der Waals surface area contributed by atoms with Gasteiger partial charge in [-0.3, -0.25) is 4.79 Å². The van der Waals surface area contributed by atoms with E-state index in [4.69, 9.17) is 4.74 Å². The van der Waals surface area contributed by atoms with Crippen molar-refractivity contribution in [3.05, 3.63) is 23.8 Å². The van der Waals surface area contributed by atoms with Gasteiger partial charge in [0.2, 0.25) is 0 Å². The van der Waals surface area contributed by atoms with Gasteiger partial charge in [-0.05, 0) is 75.0 Å². The van der Waals surface area contributed by atoms with E-state index in [-0.39, 0.29) is 12.1 Å². The summed E-state index contributed by atoms with van der Waals surface area (Å²) in [5.74, 6) is 3.98. The second-order valence-electron chi connectivity index (χ2n) is 10.2. The molecular weight excluding hydrogens is 356 g/mol. The van der Waals surface area contributed by atoms with Crippen LogP contribution < -0.4 is 0 Å². The van der Waals surface area contributed by atoms with Gasteiger partial charge in [0, 0.05) is 12.3 Å². The van der Waals surface area contributed by atoms with Gasteiger partial charge >= 0.3 is 5.97 Å². The minimum atomic E-state index is 0.0791. The summed E-state index contributed by atoms with van der Waals surface area (Å²) in [4.78, 5) is 12.4. The zero-order valence-corrected chi connectivity index (χ0v) is 18.6. The molecule has 29 heavy (non-hydrogen) atoms. The molecule has 2 nitrogen and oxygen atoms in total. The molecule has 0 saturated heterocycles. The van der Waals surface area contributed by atoms with Crippen LogP contribution >= 0.6 is 0 Å². The summed E-state index contributed by atoms with van der Waals surface area (Å²) in [6, 6.07) is 0. The quantitative estimate of drug-likeness (QED) is 0.230. The third-order valence-electron chi connectivity index (χ3n) is 8.53. The fourth-order valence-electron chi connectivity index (χ4n) is 7.11. The number of allylic oxidation sites excluding steroid dienone is 4. The number of esters is 1. The normalized spacial score (nSPS) is 35.4. The number of carbonyl (C=O) groups is 1. The van der Waals surface area contributed by atoms with Crippen LogP contribution in [0.2, 0.25) is 0 Å². The van der Waals surface area contributed by atoms with Crippen molar-refractivity contribution in [1.82, 2.24) is 0 Å². The molecule has 3 saturated carbocycles. The Hall–Kier alpha value is -1.05. The third-order valence-corrected chi connectivity index (χ3v) is 8.53. The van der Waals surface area contributed by atoms with Crippen LogP contribution in [0.25, 0.3) is 0 Å². The summed E-state index contributed by atoms with van der Waals surface area (Å²) < 4.78 is 6.05. The second kappa shape index (κ2) is 10.3. The Bertz CT molecular complexity index is 604. The number of fused-ring (bicyclic) bond motifs is 5. The Balaban J connectivity index is 1.21. The van der Waals surface area contributed by atoms with E-state index in [1.54, 1.807) is 5.57 Å². The number of hydrogen-bond donors (Lipinski definition) is 0. The van der Waals surface area contributed by atoms with Crippen molar-refractivity contribution in [2.45, 2.75) is 109 Å². The zero-order valence-electron chi connectivity index (χ0n) is 18.6. The van der Waals surface area contributed by atoms with E-state index < -0.39 is 0 Å². The van der Waals surface area contributed by atoms with Crippen molar-refractivity contribution in [2.75, 3.05) is 0 Å². The van der Waals surface area contributed by atoms with Gasteiger partial charge < -0.3 is 4.74 Å². The third kappa shape index (κ3) is 5.00. The molecule has 0 aromatic carbocycles. The van der Waals surface area contributed by atoms with Gasteiger partial charge in [0.15, 0.2) is 0 Å². The highest BCUT2D eigenvalue weighted by Gasteiger charge is 2.50. The fraction of sp³-hybridized carbons (Fsp3) is 0.815. The van der Waals surface area contributed by atoms with Crippen molar-refractivity contribution >= 4 is 5.97 Å². The molecule has 0 radical (unpaired) electrons. The van der Waals surface area contributed by atoms with Crippen molar-refractivity contribution in [1.29, 1.82) is 0 Å². The maximum Gasteiger partial charge on any atom is 0.306 e. The lowest BCUT2D eigenvalue weighted by Gasteiger charge is -2.48. The van der Waals surface area contributed by atoms with Crippen molar-refractivity contribution < 1.29 is 9.53 Å². The SMILES string of the molecule is CCCCCCCCCC(=O)OC1CCC2C1CCC1C3C=CCC=C3CCC12. The lowest BCUT2D eigenvalue weighted by atomic mass is 9.57. The molecule has 0 heterocycles. The van der Waals surface area contributed by atoms with E-state index in [2.05, 4.69) is 25.2 Å². The van der Waals surface area contributed by atoms with E-state index in [9.17, 15) is 4.79 Å². The molecule has 3 fully saturated rings. The van der Waals surface area contributed by atoms with Gasteiger partial charge in [0.05, 0.1) is 0 Å². The molecule has 162 valence electrons. The lowest BCUT2D eigenvalue weighted by molar-refractivity contribution is -0.152. The van der Waals surface area contributed by atoms with E-state index in [1.807, 2.05) is 0 Å². The Morgan fingerprint density at radius 3 is 2.48 bits per heavy atom. The maximum absolute atomic E-state index is 12.4. The van der Waals surface area contributed by atoms with Crippen molar-refractivity contribution in [2.24, 2.45) is 29.6 Å². The van der Waals surface area contributed by atoms with Crippen LogP contribution in [0.5, 0.6) is 0 Å². The molecule has 0 aromatic rings. The standard InChI is InChI=1S/C27H42O2/c1-2-3-4-5-6-7-8-13-27(28)29-26-19-18-24-23-15-14-20-11-9-10-12-21(20)22(23)16-17-25(24)26/h10-12,21-26H,2-9,13-19H2,1H3. The first kappa shape index (κ1) is 21.2. The van der Waals surface area contributed by atoms with Gasteiger partial charge in [-0.25, -0.2) is 0 Å². The lowest BCUT2D eigenvalue weighted by Crippen LogP contribution is -2.41. The summed E-state index contributed by atoms with van der Waals surface area (Å²) in [5, 5.41) is 0. The molecule has 4 aliphatic rings. The Labute approximate surface area is 178 Å². The Kier molecular flexibility index (Phi) is 7.54. The van der Waals surface area contributed by atoms with Gasteiger partial charge in [0.25, 0.3) is 0 Å². The largest absolute Gasteiger partial charge is 0.462 e. The molecular formula is C27H42O2. The van der Waals surface area contributed by atoms with Crippen molar-refractivity contribution in [3.8, 4) is 0 Å². The predicted molar refractivity (Wildman–Crippen MR) is 119 cm³/mol. The van der Waals surface area contributed by atoms with E-state index in [0.29, 0.717) is 12.3 Å². The summed E-state index contributed by atoms with van der Waals surface area (Å²) in [6.45, 7) is 2.26. The first-order chi connectivity index (χ1) is 14.3. The molecule has 4 aliphatic carbocycles. The van der Waals surface area contributed by atoms with Gasteiger partial charge in [-0.1, -0.05) is 69.2 Å². The molecule has 0 amide bonds. The second-order valence-corrected chi connectivity index (χ2v) is 10.2. The predicted octanol–water partition coefficient (Wildman–Crippen LogP) is 7.39. The minimum Gasteiger partial charge on any atom is -0.462 e. The fourth-order valence-corrected chi connectivity index (χ4v) is 7.11. The van der Waals surface area contributed by atoms with Crippen LogP contribution in [0.1, 0.15) is 103 Å². The Morgan fingerprint density at radius 1 is 0.897 bits per heavy atom. The van der Waals surface area contributed by atoms with Crippen LogP contribution in [0, 0.1) is 29.6 Å². The molecule has 0 aromatic heterocycles. The average Bonchev–Trinajstić information content (AvgIpc) is 3.16. The zero-order chi connectivity index (χ0) is 20.1. The first-order valence-electron chi connectivity index (χ1n) is 12.8. The van der Waals surface area contributed by atoms with Crippen LogP contribution in [0.4, 0.5) is 0 Å². The maximum atomic E-state index is 12.4. The number of unbranched alkanes of at least 4 members (excludes halogenated alkanes) is 6. The van der Waals surface area contributed by atoms with Gasteiger partial charge in [0.1, 0.15) is 6.10 Å². The van der Waals surface area contributed by atoms with E-state index in [0.717, 1.165) is 42.9 Å². The van der Waals surface area contributed by atoms with Crippen LogP contribution in [-0.4, -0.2) is 12.1 Å². The monoisotopic (exact) mass is 398 g/mol. The molecule has 6 unspecified atom stereocenters. The first-order valence-corrected chi connectivity index (χ1v) is 12.8. The average molecular weight is 399 g/mol. The highest BCUT2D eigenvalue weighted by atomic mass is 16.5. The number of ether oxygens (including phenoxy) is 1. The topological polar surface area (TPSA) is 26.3 Å². The Morgan fingerprint density at radius 2 is 1.62 bits per heavy atom. The molecule has 0 bridgehead atoms. The molecule has 2 heteroatoms. The smallest absolute Gasteiger partial charge is 0.306 e. The van der Waals surface area contributed by atoms with Gasteiger partial charge in [-0.15, -0.1) is 0 Å². The highest BCUT2D eigenvalue weighted by Crippen LogP contribution is 2.56. The van der Waals surface area contributed by atoms with Crippen LogP contribution in [0.15, 0.2) is 23.8 Å². The van der Waals surface area contributed by atoms with Crippen molar-refractivity contribution in [3.63, 3.8) is 0 Å². The number of rotatable bonds is 9. The molecule has 6 atom stereocenters. The number of carbonyl (C=O) groups excluding carboxylic acids is 1. The number of hydrogen-bond acceptors (Lipinski definition) is 2. The van der Waals surface area contributed by atoms with Crippen LogP contribution in [-0.2, 0) is 9.53 Å². The van der Waals surface area contributed by atoms with E-state index >= 15 is 0 Å². The van der Waals surface area contributed by atoms with Gasteiger partial charge in [-0.2, -0.15) is 0 Å².